The average Bonchev–Trinajstić information content (AvgIpc) is 3.42. The molecule has 3 aromatic heterocycles. The Balaban J connectivity index is 1.27. The summed E-state index contributed by atoms with van der Waals surface area (Å²) in [4.78, 5) is 23.9. The molecule has 0 radical (unpaired) electrons. The number of anilines is 4. The van der Waals surface area contributed by atoms with Gasteiger partial charge in [-0.1, -0.05) is 18.6 Å². The van der Waals surface area contributed by atoms with Gasteiger partial charge in [-0.3, -0.25) is 14.7 Å². The van der Waals surface area contributed by atoms with E-state index in [0.717, 1.165) is 57.2 Å². The first-order valence-corrected chi connectivity index (χ1v) is 14.4. The van der Waals surface area contributed by atoms with Gasteiger partial charge in [-0.25, -0.2) is 13.9 Å². The number of amides is 1. The Labute approximate surface area is 238 Å². The second-order valence-electron chi connectivity index (χ2n) is 11.0. The Morgan fingerprint density at radius 2 is 1.78 bits per heavy atom. The van der Waals surface area contributed by atoms with Gasteiger partial charge in [-0.2, -0.15) is 0 Å². The van der Waals surface area contributed by atoms with Crippen molar-refractivity contribution >= 4 is 34.4 Å². The predicted molar refractivity (Wildman–Crippen MR) is 158 cm³/mol. The van der Waals surface area contributed by atoms with E-state index in [4.69, 9.17) is 10.8 Å². The van der Waals surface area contributed by atoms with Crippen LogP contribution in [0.5, 0.6) is 0 Å². The minimum atomic E-state index is -0.619. The van der Waals surface area contributed by atoms with Crippen LogP contribution in [0.1, 0.15) is 61.0 Å². The van der Waals surface area contributed by atoms with Crippen LogP contribution in [-0.2, 0) is 6.54 Å². The van der Waals surface area contributed by atoms with Crippen LogP contribution in [0.4, 0.5) is 27.3 Å². The van der Waals surface area contributed by atoms with Gasteiger partial charge in [0.15, 0.2) is 17.2 Å². The number of imidazole rings is 1. The molecule has 0 bridgehead atoms. The van der Waals surface area contributed by atoms with Crippen molar-refractivity contribution < 1.29 is 9.18 Å². The van der Waals surface area contributed by atoms with E-state index in [-0.39, 0.29) is 23.5 Å². The maximum Gasteiger partial charge on any atom is 0.276 e. The van der Waals surface area contributed by atoms with Gasteiger partial charge in [0, 0.05) is 36.6 Å². The van der Waals surface area contributed by atoms with Crippen molar-refractivity contribution in [2.45, 2.75) is 63.6 Å². The van der Waals surface area contributed by atoms with E-state index < -0.39 is 11.7 Å². The second kappa shape index (κ2) is 12.2. The number of likely N-dealkylation sites (tertiary alicyclic amines) is 1. The van der Waals surface area contributed by atoms with E-state index >= 15 is 0 Å². The molecule has 1 aromatic carbocycles. The molecule has 0 atom stereocenters. The van der Waals surface area contributed by atoms with Crippen molar-refractivity contribution in [1.82, 2.24) is 24.5 Å². The van der Waals surface area contributed by atoms with Crippen molar-refractivity contribution in [3.63, 3.8) is 0 Å². The third-order valence-electron chi connectivity index (χ3n) is 7.93. The van der Waals surface area contributed by atoms with Gasteiger partial charge in [0.05, 0.1) is 23.8 Å². The van der Waals surface area contributed by atoms with Gasteiger partial charge in [-0.05, 0) is 75.4 Å². The zero-order valence-electron chi connectivity index (χ0n) is 23.0. The Kier molecular flexibility index (Phi) is 8.06. The van der Waals surface area contributed by atoms with E-state index in [1.54, 1.807) is 0 Å². The number of rotatable bonds is 8. The van der Waals surface area contributed by atoms with E-state index in [1.807, 2.05) is 6.07 Å². The normalized spacial score (nSPS) is 19.7. The summed E-state index contributed by atoms with van der Waals surface area (Å²) in [5.74, 6) is -0.528. The fourth-order valence-electron chi connectivity index (χ4n) is 5.65. The highest BCUT2D eigenvalue weighted by Crippen LogP contribution is 2.28. The first-order chi connectivity index (χ1) is 20.0. The lowest BCUT2D eigenvalue weighted by Crippen LogP contribution is -2.33. The lowest BCUT2D eigenvalue weighted by atomic mass is 9.92. The first kappa shape index (κ1) is 27.1. The molecule has 0 spiro atoms. The summed E-state index contributed by atoms with van der Waals surface area (Å²) in [6, 6.07) is 12.2. The number of halogens is 1. The molecule has 1 aliphatic heterocycles. The fraction of sp³-hybridized carbons (Fsp3) is 0.400. The number of nitrogens with zero attached hydrogens (tertiary/aromatic N) is 5. The molecule has 1 saturated carbocycles. The quantitative estimate of drug-likeness (QED) is 0.240. The van der Waals surface area contributed by atoms with Crippen LogP contribution in [0.2, 0.25) is 0 Å². The lowest BCUT2D eigenvalue weighted by Gasteiger charge is -2.27. The van der Waals surface area contributed by atoms with E-state index in [2.05, 4.69) is 55.1 Å². The SMILES string of the molecule is NC1CCC(Nc2cc(Nc3ccc(CN4CCCCC4)cc3)c3ncc(C(=O)Nc4ccncc4F)n3n2)CC1. The fourth-order valence-corrected chi connectivity index (χ4v) is 5.65. The molecule has 1 saturated heterocycles. The van der Waals surface area contributed by atoms with Gasteiger partial charge in [0.1, 0.15) is 5.82 Å². The summed E-state index contributed by atoms with van der Waals surface area (Å²) in [6.07, 6.45) is 11.6. The maximum atomic E-state index is 14.2. The van der Waals surface area contributed by atoms with Crippen LogP contribution in [0.25, 0.3) is 5.65 Å². The molecule has 4 aromatic rings. The van der Waals surface area contributed by atoms with Crippen molar-refractivity contribution in [3.8, 4) is 0 Å². The van der Waals surface area contributed by atoms with Crippen LogP contribution in [0.15, 0.2) is 55.0 Å². The van der Waals surface area contributed by atoms with Crippen molar-refractivity contribution in [3.05, 3.63) is 72.1 Å². The molecule has 41 heavy (non-hydrogen) atoms. The zero-order chi connectivity index (χ0) is 28.2. The van der Waals surface area contributed by atoms with E-state index in [1.165, 1.54) is 47.8 Å². The summed E-state index contributed by atoms with van der Waals surface area (Å²) < 4.78 is 15.7. The minimum absolute atomic E-state index is 0.0377. The van der Waals surface area contributed by atoms with Gasteiger partial charge >= 0.3 is 0 Å². The van der Waals surface area contributed by atoms with Crippen LogP contribution in [0.3, 0.4) is 0 Å². The highest BCUT2D eigenvalue weighted by molar-refractivity contribution is 6.03. The molecule has 11 heteroatoms. The molecular weight excluding hydrogens is 521 g/mol. The molecule has 6 rings (SSSR count). The summed E-state index contributed by atoms with van der Waals surface area (Å²) >= 11 is 0. The van der Waals surface area contributed by atoms with Crippen molar-refractivity contribution in [2.24, 2.45) is 5.73 Å². The van der Waals surface area contributed by atoms with E-state index in [9.17, 15) is 9.18 Å². The third kappa shape index (κ3) is 6.47. The molecule has 0 unspecified atom stereocenters. The molecule has 10 nitrogen and oxygen atoms in total. The molecule has 1 amide bonds. The minimum Gasteiger partial charge on any atom is -0.366 e. The van der Waals surface area contributed by atoms with Crippen LogP contribution >= 0.6 is 0 Å². The molecule has 5 N–H and O–H groups in total. The third-order valence-corrected chi connectivity index (χ3v) is 7.93. The number of pyridine rings is 1. The van der Waals surface area contributed by atoms with Crippen LogP contribution in [-0.4, -0.2) is 55.6 Å². The maximum absolute atomic E-state index is 14.2. The Bertz CT molecular complexity index is 1490. The van der Waals surface area contributed by atoms with Gasteiger partial charge in [0.2, 0.25) is 0 Å². The number of piperidine rings is 1. The number of hydrogen-bond donors (Lipinski definition) is 4. The zero-order valence-corrected chi connectivity index (χ0v) is 23.0. The predicted octanol–water partition coefficient (Wildman–Crippen LogP) is 4.93. The summed E-state index contributed by atoms with van der Waals surface area (Å²) in [6.45, 7) is 3.26. The van der Waals surface area contributed by atoms with Crippen molar-refractivity contribution in [1.29, 1.82) is 0 Å². The molecule has 1 aliphatic carbocycles. The molecule has 2 aliphatic rings. The Morgan fingerprint density at radius 1 is 1.00 bits per heavy atom. The van der Waals surface area contributed by atoms with Crippen LogP contribution < -0.4 is 21.7 Å². The monoisotopic (exact) mass is 557 g/mol. The Hall–Kier alpha value is -4.09. The smallest absolute Gasteiger partial charge is 0.276 e. The highest BCUT2D eigenvalue weighted by Gasteiger charge is 2.22. The van der Waals surface area contributed by atoms with Gasteiger partial charge in [-0.15, -0.1) is 5.10 Å². The van der Waals surface area contributed by atoms with Gasteiger partial charge in [0.25, 0.3) is 5.91 Å². The lowest BCUT2D eigenvalue weighted by molar-refractivity contribution is 0.102. The molecular formula is C30H36FN9O. The molecule has 4 heterocycles. The topological polar surface area (TPSA) is 126 Å². The number of carbonyl (C=O) groups excluding carboxylic acids is 1. The number of benzene rings is 1. The number of carbonyl (C=O) groups is 1. The Morgan fingerprint density at radius 3 is 2.54 bits per heavy atom. The summed E-state index contributed by atoms with van der Waals surface area (Å²) in [7, 11) is 0. The number of fused-ring (bicyclic) bond motifs is 1. The standard InChI is InChI=1S/C30H36FN9O/c31-24-17-33-13-12-25(24)37-30(41)27-18-34-29-26(16-28(38-40(27)29)36-23-10-6-21(32)7-11-23)35-22-8-4-20(5-9-22)19-39-14-2-1-3-15-39/h4-5,8-9,12-13,16-18,21,23,35H,1-3,6-7,10-11,14-15,19,32H2,(H,36,38)(H,33,37,41). The molecule has 2 fully saturated rings. The second-order valence-corrected chi connectivity index (χ2v) is 11.0. The summed E-state index contributed by atoms with van der Waals surface area (Å²) in [5, 5.41) is 14.3. The number of hydrogen-bond acceptors (Lipinski definition) is 8. The number of nitrogens with one attached hydrogen (secondary N) is 3. The number of aromatic nitrogens is 4. The van der Waals surface area contributed by atoms with Gasteiger partial charge < -0.3 is 21.7 Å². The molecule has 214 valence electrons. The average molecular weight is 558 g/mol. The van der Waals surface area contributed by atoms with Crippen LogP contribution in [0, 0.1) is 5.82 Å². The highest BCUT2D eigenvalue weighted by atomic mass is 19.1. The largest absolute Gasteiger partial charge is 0.366 e. The summed E-state index contributed by atoms with van der Waals surface area (Å²) in [5.41, 5.74) is 9.70. The first-order valence-electron chi connectivity index (χ1n) is 14.4. The van der Waals surface area contributed by atoms with Crippen molar-refractivity contribution in [2.75, 3.05) is 29.0 Å². The van der Waals surface area contributed by atoms with E-state index in [0.29, 0.717) is 17.2 Å². The number of nitrogens with two attached hydrogens (primary N) is 1.